The van der Waals surface area contributed by atoms with Gasteiger partial charge in [0.05, 0.1) is 22.2 Å². The number of halogens is 3. The van der Waals surface area contributed by atoms with E-state index in [1.54, 1.807) is 12.1 Å². The normalized spacial score (nSPS) is 11.2. The molecule has 7 heteroatoms. The van der Waals surface area contributed by atoms with Crippen LogP contribution >= 0.6 is 50.5 Å². The predicted molar refractivity (Wildman–Crippen MR) is 112 cm³/mol. The molecular formula is C19H12BrCl2NO2S. The molecule has 1 heterocycles. The molecule has 0 unspecified atom stereocenters. The number of benzene rings is 2. The molecule has 2 aromatic carbocycles. The molecule has 3 nitrogen and oxygen atoms in total. The largest absolute Gasteiger partial charge is 0.481 e. The third kappa shape index (κ3) is 4.74. The fraction of sp³-hybridized carbons (Fsp3) is 0.0526. The summed E-state index contributed by atoms with van der Waals surface area (Å²) in [4.78, 5) is 16.5. The standard InChI is InChI=1S/C19H12BrCl2NO2S/c20-13-5-3-12(4-6-13)19-16(10-18(24)25)26-17(23-19)8-2-11-1-7-14(21)15(22)9-11/h1-9H,10H2,(H,24,25)/b8-2+. The van der Waals surface area contributed by atoms with Crippen molar-refractivity contribution in [2.24, 2.45) is 0 Å². The van der Waals surface area contributed by atoms with Crippen molar-refractivity contribution in [2.75, 3.05) is 0 Å². The van der Waals surface area contributed by atoms with Crippen LogP contribution in [0.25, 0.3) is 23.4 Å². The number of carboxylic acid groups (broad SMARTS) is 1. The summed E-state index contributed by atoms with van der Waals surface area (Å²) in [6.45, 7) is 0. The van der Waals surface area contributed by atoms with Crippen molar-refractivity contribution in [3.8, 4) is 11.3 Å². The Kier molecular flexibility index (Phi) is 6.14. The van der Waals surface area contributed by atoms with Crippen LogP contribution in [-0.4, -0.2) is 16.1 Å². The summed E-state index contributed by atoms with van der Waals surface area (Å²) in [6.07, 6.45) is 3.65. The molecule has 0 aliphatic heterocycles. The Hall–Kier alpha value is -1.66. The van der Waals surface area contributed by atoms with Gasteiger partial charge in [-0.15, -0.1) is 11.3 Å². The highest BCUT2D eigenvalue weighted by molar-refractivity contribution is 9.10. The number of carboxylic acids is 1. The molecule has 0 atom stereocenters. The van der Waals surface area contributed by atoms with Gasteiger partial charge in [-0.1, -0.05) is 63.4 Å². The van der Waals surface area contributed by atoms with Crippen LogP contribution in [0.1, 0.15) is 15.4 Å². The molecule has 0 spiro atoms. The van der Waals surface area contributed by atoms with Gasteiger partial charge in [0.15, 0.2) is 0 Å². The van der Waals surface area contributed by atoms with Crippen molar-refractivity contribution >= 4 is 68.6 Å². The second-order valence-corrected chi connectivity index (χ2v) is 8.25. The number of aromatic nitrogens is 1. The maximum atomic E-state index is 11.2. The van der Waals surface area contributed by atoms with E-state index < -0.39 is 5.97 Å². The van der Waals surface area contributed by atoms with E-state index in [0.717, 1.165) is 20.6 Å². The Morgan fingerprint density at radius 3 is 2.50 bits per heavy atom. The number of aliphatic carboxylic acids is 1. The average Bonchev–Trinajstić information content (AvgIpc) is 2.99. The molecule has 0 saturated carbocycles. The van der Waals surface area contributed by atoms with Crippen LogP contribution in [-0.2, 0) is 11.2 Å². The highest BCUT2D eigenvalue weighted by Gasteiger charge is 2.15. The van der Waals surface area contributed by atoms with Gasteiger partial charge in [-0.25, -0.2) is 4.98 Å². The molecule has 0 aliphatic carbocycles. The van der Waals surface area contributed by atoms with E-state index in [-0.39, 0.29) is 6.42 Å². The zero-order chi connectivity index (χ0) is 18.7. The average molecular weight is 469 g/mol. The van der Waals surface area contributed by atoms with E-state index >= 15 is 0 Å². The number of hydrogen-bond donors (Lipinski definition) is 1. The Balaban J connectivity index is 1.94. The van der Waals surface area contributed by atoms with Gasteiger partial charge in [-0.3, -0.25) is 4.79 Å². The van der Waals surface area contributed by atoms with Crippen LogP contribution in [0.3, 0.4) is 0 Å². The van der Waals surface area contributed by atoms with E-state index in [9.17, 15) is 9.90 Å². The van der Waals surface area contributed by atoms with Crippen LogP contribution in [0.4, 0.5) is 0 Å². The smallest absolute Gasteiger partial charge is 0.308 e. The van der Waals surface area contributed by atoms with Crippen LogP contribution in [0.2, 0.25) is 10.0 Å². The third-order valence-electron chi connectivity index (χ3n) is 3.51. The summed E-state index contributed by atoms with van der Waals surface area (Å²) >= 11 is 16.7. The number of rotatable bonds is 5. The molecule has 26 heavy (non-hydrogen) atoms. The monoisotopic (exact) mass is 467 g/mol. The van der Waals surface area contributed by atoms with E-state index in [0.29, 0.717) is 20.6 Å². The molecule has 0 aliphatic rings. The number of nitrogens with zero attached hydrogens (tertiary/aromatic N) is 1. The minimum Gasteiger partial charge on any atom is -0.481 e. The summed E-state index contributed by atoms with van der Waals surface area (Å²) < 4.78 is 0.955. The van der Waals surface area contributed by atoms with Crippen molar-refractivity contribution in [3.05, 3.63) is 72.4 Å². The molecule has 0 bridgehead atoms. The van der Waals surface area contributed by atoms with Crippen molar-refractivity contribution in [3.63, 3.8) is 0 Å². The molecular weight excluding hydrogens is 457 g/mol. The number of carbonyl (C=O) groups is 1. The van der Waals surface area contributed by atoms with Gasteiger partial charge in [0.1, 0.15) is 5.01 Å². The number of thiazole rings is 1. The Morgan fingerprint density at radius 2 is 1.85 bits per heavy atom. The topological polar surface area (TPSA) is 50.2 Å². The quantitative estimate of drug-likeness (QED) is 0.454. The SMILES string of the molecule is O=C(O)Cc1sc(/C=C/c2ccc(Cl)c(Cl)c2)nc1-c1ccc(Br)cc1. The van der Waals surface area contributed by atoms with E-state index in [1.165, 1.54) is 11.3 Å². The molecule has 1 aromatic heterocycles. The second-order valence-electron chi connectivity index (χ2n) is 5.41. The highest BCUT2D eigenvalue weighted by Crippen LogP contribution is 2.31. The summed E-state index contributed by atoms with van der Waals surface area (Å²) in [6, 6.07) is 13.0. The first kappa shape index (κ1) is 19.1. The second kappa shape index (κ2) is 8.35. The fourth-order valence-electron chi connectivity index (χ4n) is 2.32. The summed E-state index contributed by atoms with van der Waals surface area (Å²) in [7, 11) is 0. The van der Waals surface area contributed by atoms with Gasteiger partial charge in [0.2, 0.25) is 0 Å². The van der Waals surface area contributed by atoms with E-state index in [1.807, 2.05) is 42.5 Å². The molecule has 0 radical (unpaired) electrons. The zero-order valence-electron chi connectivity index (χ0n) is 13.2. The lowest BCUT2D eigenvalue weighted by molar-refractivity contribution is -0.136. The fourth-order valence-corrected chi connectivity index (χ4v) is 3.87. The van der Waals surface area contributed by atoms with E-state index in [4.69, 9.17) is 23.2 Å². The van der Waals surface area contributed by atoms with Crippen LogP contribution in [0.5, 0.6) is 0 Å². The molecule has 0 amide bonds. The lowest BCUT2D eigenvalue weighted by Crippen LogP contribution is -1.99. The van der Waals surface area contributed by atoms with Gasteiger partial charge >= 0.3 is 5.97 Å². The summed E-state index contributed by atoms with van der Waals surface area (Å²) in [5.74, 6) is -0.882. The molecule has 0 fully saturated rings. The first-order valence-corrected chi connectivity index (χ1v) is 9.89. The Bertz CT molecular complexity index is 984. The van der Waals surface area contributed by atoms with E-state index in [2.05, 4.69) is 20.9 Å². The van der Waals surface area contributed by atoms with Crippen LogP contribution < -0.4 is 0 Å². The highest BCUT2D eigenvalue weighted by atomic mass is 79.9. The molecule has 3 aromatic rings. The Morgan fingerprint density at radius 1 is 1.12 bits per heavy atom. The van der Waals surface area contributed by atoms with Gasteiger partial charge < -0.3 is 5.11 Å². The summed E-state index contributed by atoms with van der Waals surface area (Å²) in [5, 5.41) is 10.9. The first-order chi connectivity index (χ1) is 12.4. The predicted octanol–water partition coefficient (Wildman–Crippen LogP) is 6.68. The maximum absolute atomic E-state index is 11.2. The Labute approximate surface area is 173 Å². The number of hydrogen-bond acceptors (Lipinski definition) is 3. The minimum atomic E-state index is -0.882. The third-order valence-corrected chi connectivity index (χ3v) is 5.79. The molecule has 132 valence electrons. The zero-order valence-corrected chi connectivity index (χ0v) is 17.2. The van der Waals surface area contributed by atoms with Gasteiger partial charge in [0, 0.05) is 14.9 Å². The van der Waals surface area contributed by atoms with Gasteiger partial charge in [-0.05, 0) is 35.9 Å². The van der Waals surface area contributed by atoms with Crippen molar-refractivity contribution in [1.29, 1.82) is 0 Å². The molecule has 3 rings (SSSR count). The van der Waals surface area contributed by atoms with Gasteiger partial charge in [0.25, 0.3) is 0 Å². The lowest BCUT2D eigenvalue weighted by Gasteiger charge is -2.00. The molecule has 0 saturated heterocycles. The van der Waals surface area contributed by atoms with Crippen molar-refractivity contribution in [1.82, 2.24) is 4.98 Å². The van der Waals surface area contributed by atoms with Gasteiger partial charge in [-0.2, -0.15) is 0 Å². The van der Waals surface area contributed by atoms with Crippen molar-refractivity contribution < 1.29 is 9.90 Å². The first-order valence-electron chi connectivity index (χ1n) is 7.53. The van der Waals surface area contributed by atoms with Crippen LogP contribution in [0.15, 0.2) is 46.9 Å². The lowest BCUT2D eigenvalue weighted by atomic mass is 10.1. The summed E-state index contributed by atoms with van der Waals surface area (Å²) in [5.41, 5.74) is 2.47. The molecule has 1 N–H and O–H groups in total. The minimum absolute atomic E-state index is 0.0658. The van der Waals surface area contributed by atoms with Crippen molar-refractivity contribution in [2.45, 2.75) is 6.42 Å². The maximum Gasteiger partial charge on any atom is 0.308 e. The van der Waals surface area contributed by atoms with Crippen LogP contribution in [0, 0.1) is 0 Å².